The maximum atomic E-state index is 11.8. The van der Waals surface area contributed by atoms with Gasteiger partial charge < -0.3 is 5.32 Å². The first-order valence-corrected chi connectivity index (χ1v) is 6.35. The van der Waals surface area contributed by atoms with Crippen LogP contribution in [0, 0.1) is 18.3 Å². The van der Waals surface area contributed by atoms with Crippen molar-refractivity contribution in [2.24, 2.45) is 0 Å². The summed E-state index contributed by atoms with van der Waals surface area (Å²) in [5.41, 5.74) is 0.469. The molecule has 1 amide bonds. The smallest absolute Gasteiger partial charge is 0.223 e. The summed E-state index contributed by atoms with van der Waals surface area (Å²) < 4.78 is 1.75. The second-order valence-corrected chi connectivity index (χ2v) is 4.98. The van der Waals surface area contributed by atoms with Crippen molar-refractivity contribution in [2.75, 3.05) is 0 Å². The zero-order valence-corrected chi connectivity index (χ0v) is 10.6. The van der Waals surface area contributed by atoms with Crippen LogP contribution in [-0.2, 0) is 11.3 Å². The predicted molar refractivity (Wildman–Crippen MR) is 66.5 cm³/mol. The number of nitrogens with zero attached hydrogens (tertiary/aromatic N) is 3. The van der Waals surface area contributed by atoms with Gasteiger partial charge in [0.15, 0.2) is 0 Å². The van der Waals surface area contributed by atoms with E-state index in [0.29, 0.717) is 13.0 Å². The van der Waals surface area contributed by atoms with Gasteiger partial charge in [0.1, 0.15) is 5.54 Å². The number of hydrogen-bond donors (Lipinski definition) is 1. The summed E-state index contributed by atoms with van der Waals surface area (Å²) in [6, 6.07) is 2.26. The highest BCUT2D eigenvalue weighted by Crippen LogP contribution is 2.28. The quantitative estimate of drug-likeness (QED) is 0.875. The van der Waals surface area contributed by atoms with E-state index in [1.54, 1.807) is 10.9 Å². The average Bonchev–Trinajstić information content (AvgIpc) is 2.97. The molecule has 5 heteroatoms. The van der Waals surface area contributed by atoms with Crippen LogP contribution in [-0.4, -0.2) is 21.2 Å². The Morgan fingerprint density at radius 2 is 2.33 bits per heavy atom. The molecule has 0 aromatic carbocycles. The number of hydrogen-bond acceptors (Lipinski definition) is 3. The molecule has 0 aliphatic heterocycles. The lowest BCUT2D eigenvalue weighted by Gasteiger charge is -2.21. The number of rotatable bonds is 4. The minimum atomic E-state index is -0.614. The summed E-state index contributed by atoms with van der Waals surface area (Å²) >= 11 is 0. The fraction of sp³-hybridized carbons (Fsp3) is 0.615. The Morgan fingerprint density at radius 1 is 1.61 bits per heavy atom. The molecule has 0 spiro atoms. The average molecular weight is 246 g/mol. The Morgan fingerprint density at radius 3 is 2.89 bits per heavy atom. The third kappa shape index (κ3) is 2.89. The van der Waals surface area contributed by atoms with Gasteiger partial charge >= 0.3 is 0 Å². The van der Waals surface area contributed by atoms with E-state index in [1.165, 1.54) is 0 Å². The van der Waals surface area contributed by atoms with E-state index in [2.05, 4.69) is 16.5 Å². The van der Waals surface area contributed by atoms with E-state index in [4.69, 9.17) is 0 Å². The number of amides is 1. The highest BCUT2D eigenvalue weighted by molar-refractivity contribution is 5.77. The van der Waals surface area contributed by atoms with Gasteiger partial charge in [-0.15, -0.1) is 0 Å². The lowest BCUT2D eigenvalue weighted by atomic mass is 10.00. The van der Waals surface area contributed by atoms with E-state index in [0.717, 1.165) is 31.2 Å². The van der Waals surface area contributed by atoms with Crippen molar-refractivity contribution in [3.05, 3.63) is 18.0 Å². The second kappa shape index (κ2) is 5.21. The molecular weight excluding hydrogens is 228 g/mol. The molecule has 0 saturated heterocycles. The van der Waals surface area contributed by atoms with Gasteiger partial charge in [0.2, 0.25) is 5.91 Å². The minimum absolute atomic E-state index is 0.0633. The summed E-state index contributed by atoms with van der Waals surface area (Å²) in [5, 5.41) is 16.2. The van der Waals surface area contributed by atoms with Crippen LogP contribution in [0.25, 0.3) is 0 Å². The molecule has 0 unspecified atom stereocenters. The Labute approximate surface area is 107 Å². The molecule has 1 N–H and O–H groups in total. The summed E-state index contributed by atoms with van der Waals surface area (Å²) in [6.07, 6.45) is 7.63. The Hall–Kier alpha value is -1.83. The number of carbonyl (C=O) groups is 1. The SMILES string of the molecule is Cc1cnn(CCC(=O)NC2(C#N)CCCC2)c1. The first-order valence-electron chi connectivity index (χ1n) is 6.35. The van der Waals surface area contributed by atoms with Gasteiger partial charge in [0, 0.05) is 19.2 Å². The van der Waals surface area contributed by atoms with E-state index >= 15 is 0 Å². The Bertz CT molecular complexity index is 466. The lowest BCUT2D eigenvalue weighted by Crippen LogP contribution is -2.45. The van der Waals surface area contributed by atoms with Crippen molar-refractivity contribution >= 4 is 5.91 Å². The third-order valence-corrected chi connectivity index (χ3v) is 3.38. The highest BCUT2D eigenvalue weighted by Gasteiger charge is 2.35. The largest absolute Gasteiger partial charge is 0.338 e. The summed E-state index contributed by atoms with van der Waals surface area (Å²) in [7, 11) is 0. The van der Waals surface area contributed by atoms with E-state index in [1.807, 2.05) is 13.1 Å². The monoisotopic (exact) mass is 246 g/mol. The summed E-state index contributed by atoms with van der Waals surface area (Å²) in [6.45, 7) is 2.52. The van der Waals surface area contributed by atoms with E-state index in [9.17, 15) is 10.1 Å². The van der Waals surface area contributed by atoms with Crippen LogP contribution in [0.5, 0.6) is 0 Å². The molecule has 1 aromatic heterocycles. The van der Waals surface area contributed by atoms with Crippen LogP contribution in [0.1, 0.15) is 37.7 Å². The maximum absolute atomic E-state index is 11.8. The molecule has 1 heterocycles. The van der Waals surface area contributed by atoms with E-state index < -0.39 is 5.54 Å². The van der Waals surface area contributed by atoms with Crippen LogP contribution in [0.3, 0.4) is 0 Å². The van der Waals surface area contributed by atoms with Crippen LogP contribution in [0.2, 0.25) is 0 Å². The molecule has 0 atom stereocenters. The first-order chi connectivity index (χ1) is 8.63. The van der Waals surface area contributed by atoms with Gasteiger partial charge in [-0.3, -0.25) is 9.48 Å². The molecule has 1 saturated carbocycles. The number of aromatic nitrogens is 2. The van der Waals surface area contributed by atoms with Crippen LogP contribution < -0.4 is 5.32 Å². The molecule has 18 heavy (non-hydrogen) atoms. The number of carbonyl (C=O) groups excluding carboxylic acids is 1. The summed E-state index contributed by atoms with van der Waals surface area (Å²) in [5.74, 6) is -0.0633. The van der Waals surface area contributed by atoms with Crippen molar-refractivity contribution in [3.63, 3.8) is 0 Å². The van der Waals surface area contributed by atoms with Crippen LogP contribution >= 0.6 is 0 Å². The van der Waals surface area contributed by atoms with Crippen LogP contribution in [0.4, 0.5) is 0 Å². The zero-order chi connectivity index (χ0) is 13.0. The van der Waals surface area contributed by atoms with Gasteiger partial charge in [-0.1, -0.05) is 0 Å². The molecule has 96 valence electrons. The standard InChI is InChI=1S/C13H18N4O/c1-11-8-15-17(9-11)7-4-12(18)16-13(10-14)5-2-3-6-13/h8-9H,2-7H2,1H3,(H,16,18). The van der Waals surface area contributed by atoms with Gasteiger partial charge in [0.05, 0.1) is 12.3 Å². The Kier molecular flexibility index (Phi) is 3.66. The predicted octanol–water partition coefficient (Wildman–Crippen LogP) is 1.53. The normalized spacial score (nSPS) is 17.3. The van der Waals surface area contributed by atoms with Crippen molar-refractivity contribution in [1.29, 1.82) is 5.26 Å². The number of aryl methyl sites for hydroxylation is 2. The molecule has 2 rings (SSSR count). The van der Waals surface area contributed by atoms with Gasteiger partial charge in [-0.05, 0) is 38.2 Å². The molecular formula is C13H18N4O. The van der Waals surface area contributed by atoms with Gasteiger partial charge in [0.25, 0.3) is 0 Å². The molecule has 1 aliphatic carbocycles. The highest BCUT2D eigenvalue weighted by atomic mass is 16.1. The van der Waals surface area contributed by atoms with Gasteiger partial charge in [-0.25, -0.2) is 0 Å². The number of nitrogens with one attached hydrogen (secondary N) is 1. The van der Waals surface area contributed by atoms with Gasteiger partial charge in [-0.2, -0.15) is 10.4 Å². The molecule has 0 bridgehead atoms. The van der Waals surface area contributed by atoms with Crippen molar-refractivity contribution in [3.8, 4) is 6.07 Å². The maximum Gasteiger partial charge on any atom is 0.223 e. The fourth-order valence-corrected chi connectivity index (χ4v) is 2.38. The van der Waals surface area contributed by atoms with Crippen molar-refractivity contribution < 1.29 is 4.79 Å². The van der Waals surface area contributed by atoms with Crippen LogP contribution in [0.15, 0.2) is 12.4 Å². The first kappa shape index (κ1) is 12.6. The fourth-order valence-electron chi connectivity index (χ4n) is 2.38. The molecule has 0 radical (unpaired) electrons. The molecule has 1 aliphatic rings. The Balaban J connectivity index is 1.83. The molecule has 5 nitrogen and oxygen atoms in total. The molecule has 1 fully saturated rings. The summed E-state index contributed by atoms with van der Waals surface area (Å²) in [4.78, 5) is 11.8. The third-order valence-electron chi connectivity index (χ3n) is 3.38. The molecule has 1 aromatic rings. The van der Waals surface area contributed by atoms with Crippen molar-refractivity contribution in [2.45, 2.75) is 51.1 Å². The number of nitriles is 1. The zero-order valence-electron chi connectivity index (χ0n) is 10.6. The minimum Gasteiger partial charge on any atom is -0.338 e. The van der Waals surface area contributed by atoms with E-state index in [-0.39, 0.29) is 5.91 Å². The second-order valence-electron chi connectivity index (χ2n) is 4.98. The topological polar surface area (TPSA) is 70.7 Å². The van der Waals surface area contributed by atoms with Crippen molar-refractivity contribution in [1.82, 2.24) is 15.1 Å². The lowest BCUT2D eigenvalue weighted by molar-refractivity contribution is -0.122.